The van der Waals surface area contributed by atoms with Gasteiger partial charge in [0, 0.05) is 18.8 Å². The highest BCUT2D eigenvalue weighted by molar-refractivity contribution is 7.89. The van der Waals surface area contributed by atoms with Crippen LogP contribution in [0, 0.1) is 11.3 Å². The van der Waals surface area contributed by atoms with E-state index in [9.17, 15) is 8.42 Å². The summed E-state index contributed by atoms with van der Waals surface area (Å²) < 4.78 is 29.7. The van der Waals surface area contributed by atoms with Crippen molar-refractivity contribution in [3.63, 3.8) is 0 Å². The molecule has 6 heteroatoms. The van der Waals surface area contributed by atoms with Crippen molar-refractivity contribution >= 4 is 15.5 Å². The van der Waals surface area contributed by atoms with Gasteiger partial charge in [-0.05, 0) is 42.7 Å². The van der Waals surface area contributed by atoms with Crippen LogP contribution >= 0.6 is 0 Å². The summed E-state index contributed by atoms with van der Waals surface area (Å²) in [6.07, 6.45) is 6.43. The first-order valence-corrected chi connectivity index (χ1v) is 9.30. The Morgan fingerprint density at radius 1 is 1.32 bits per heavy atom. The molecule has 3 aliphatic rings. The number of nitrogens with zero attached hydrogens (tertiary/aromatic N) is 3. The molecule has 0 N–H and O–H groups in total. The SMILES string of the molecule is CC1(C)C2CCCN(S(=O)(=O)c3ncc4ccccn34)C1C2. The van der Waals surface area contributed by atoms with E-state index in [0.717, 1.165) is 24.8 Å². The molecule has 1 saturated carbocycles. The summed E-state index contributed by atoms with van der Waals surface area (Å²) in [6.45, 7) is 5.00. The van der Waals surface area contributed by atoms with E-state index in [1.54, 1.807) is 21.1 Å². The van der Waals surface area contributed by atoms with Crippen molar-refractivity contribution in [2.45, 2.75) is 44.3 Å². The van der Waals surface area contributed by atoms with Gasteiger partial charge in [-0.25, -0.2) is 13.4 Å². The lowest BCUT2D eigenvalue weighted by atomic mass is 9.58. The molecule has 1 aliphatic carbocycles. The molecular formula is C16H21N3O2S. The largest absolute Gasteiger partial charge is 0.290 e. The van der Waals surface area contributed by atoms with E-state index >= 15 is 0 Å². The summed E-state index contributed by atoms with van der Waals surface area (Å²) in [7, 11) is -3.57. The fourth-order valence-electron chi connectivity index (χ4n) is 4.12. The topological polar surface area (TPSA) is 54.7 Å². The third kappa shape index (κ3) is 1.80. The first kappa shape index (κ1) is 14.2. The smallest absolute Gasteiger partial charge is 0.277 e. The van der Waals surface area contributed by atoms with Crippen LogP contribution in [0.1, 0.15) is 33.1 Å². The van der Waals surface area contributed by atoms with E-state index < -0.39 is 10.0 Å². The van der Waals surface area contributed by atoms with Crippen molar-refractivity contribution in [1.29, 1.82) is 0 Å². The first-order chi connectivity index (χ1) is 10.4. The zero-order valence-electron chi connectivity index (χ0n) is 12.9. The second-order valence-electron chi connectivity index (χ2n) is 7.06. The maximum Gasteiger partial charge on any atom is 0.277 e. The Labute approximate surface area is 131 Å². The Morgan fingerprint density at radius 2 is 2.14 bits per heavy atom. The molecule has 0 amide bonds. The summed E-state index contributed by atoms with van der Waals surface area (Å²) >= 11 is 0. The number of hydrogen-bond acceptors (Lipinski definition) is 3. The van der Waals surface area contributed by atoms with Gasteiger partial charge < -0.3 is 0 Å². The van der Waals surface area contributed by atoms with E-state index in [1.807, 2.05) is 18.2 Å². The van der Waals surface area contributed by atoms with E-state index in [4.69, 9.17) is 0 Å². The highest BCUT2D eigenvalue weighted by atomic mass is 32.2. The van der Waals surface area contributed by atoms with E-state index in [0.29, 0.717) is 12.5 Å². The van der Waals surface area contributed by atoms with Gasteiger partial charge >= 0.3 is 0 Å². The molecule has 2 saturated heterocycles. The number of imidazole rings is 1. The van der Waals surface area contributed by atoms with Gasteiger partial charge in [-0.3, -0.25) is 4.40 Å². The Balaban J connectivity index is 1.80. The van der Waals surface area contributed by atoms with Gasteiger partial charge in [0.15, 0.2) is 0 Å². The van der Waals surface area contributed by atoms with Crippen molar-refractivity contribution in [3.05, 3.63) is 30.6 Å². The lowest BCUT2D eigenvalue weighted by molar-refractivity contribution is -0.00987. The molecular weight excluding hydrogens is 298 g/mol. The number of fused-ring (bicyclic) bond motifs is 4. The van der Waals surface area contributed by atoms with Crippen LogP contribution in [-0.4, -0.2) is 34.7 Å². The molecule has 2 aromatic heterocycles. The molecule has 4 heterocycles. The molecule has 22 heavy (non-hydrogen) atoms. The molecule has 3 fully saturated rings. The molecule has 2 unspecified atom stereocenters. The fourth-order valence-corrected chi connectivity index (χ4v) is 5.99. The zero-order valence-corrected chi connectivity index (χ0v) is 13.8. The third-order valence-electron chi connectivity index (χ3n) is 5.64. The minimum Gasteiger partial charge on any atom is -0.290 e. The zero-order chi connectivity index (χ0) is 15.5. The number of hydrogen-bond donors (Lipinski definition) is 0. The van der Waals surface area contributed by atoms with Crippen LogP contribution in [0.3, 0.4) is 0 Å². The van der Waals surface area contributed by atoms with Crippen LogP contribution in [0.4, 0.5) is 0 Å². The predicted molar refractivity (Wildman–Crippen MR) is 84.0 cm³/mol. The number of sulfonamides is 1. The second kappa shape index (κ2) is 4.55. The van der Waals surface area contributed by atoms with Gasteiger partial charge in [0.2, 0.25) is 5.16 Å². The molecule has 5 rings (SSSR count). The summed E-state index contributed by atoms with van der Waals surface area (Å²) in [5.41, 5.74) is 0.873. The Kier molecular flexibility index (Phi) is 2.94. The van der Waals surface area contributed by atoms with Gasteiger partial charge in [0.1, 0.15) is 0 Å². The van der Waals surface area contributed by atoms with Crippen molar-refractivity contribution in [2.24, 2.45) is 11.3 Å². The standard InChI is InChI=1S/C16H21N3O2S/c1-16(2)12-6-5-9-19(14(16)10-12)22(20,21)15-17-11-13-7-3-4-8-18(13)15/h3-4,7-8,11-12,14H,5-6,9-10H2,1-2H3. The lowest BCUT2D eigenvalue weighted by Crippen LogP contribution is -2.57. The minimum absolute atomic E-state index is 0.0661. The minimum atomic E-state index is -3.57. The second-order valence-corrected chi connectivity index (χ2v) is 8.85. The molecule has 0 radical (unpaired) electrons. The maximum absolute atomic E-state index is 13.2. The monoisotopic (exact) mass is 319 g/mol. The normalized spacial score (nSPS) is 28.3. The average molecular weight is 319 g/mol. The number of aromatic nitrogens is 2. The molecule has 0 aromatic carbocycles. The van der Waals surface area contributed by atoms with Crippen molar-refractivity contribution in [1.82, 2.24) is 13.7 Å². The Morgan fingerprint density at radius 3 is 2.91 bits per heavy atom. The fraction of sp³-hybridized carbons (Fsp3) is 0.562. The highest BCUT2D eigenvalue weighted by Crippen LogP contribution is 2.54. The van der Waals surface area contributed by atoms with E-state index in [1.165, 1.54) is 0 Å². The van der Waals surface area contributed by atoms with Crippen LogP contribution < -0.4 is 0 Å². The van der Waals surface area contributed by atoms with E-state index in [2.05, 4.69) is 18.8 Å². The maximum atomic E-state index is 13.2. The van der Waals surface area contributed by atoms with Crippen molar-refractivity contribution in [2.75, 3.05) is 6.54 Å². The Hall–Kier alpha value is -1.40. The molecule has 2 aromatic rings. The number of pyridine rings is 1. The summed E-state index contributed by atoms with van der Waals surface area (Å²) in [5.74, 6) is 0.648. The number of rotatable bonds is 2. The van der Waals surface area contributed by atoms with Gasteiger partial charge in [-0.15, -0.1) is 0 Å². The predicted octanol–water partition coefficient (Wildman–Crippen LogP) is 2.53. The van der Waals surface area contributed by atoms with Crippen LogP contribution in [-0.2, 0) is 10.0 Å². The third-order valence-corrected chi connectivity index (χ3v) is 7.46. The average Bonchev–Trinajstić information content (AvgIpc) is 2.70. The molecule has 5 nitrogen and oxygen atoms in total. The Bertz CT molecular complexity index is 825. The van der Waals surface area contributed by atoms with Crippen LogP contribution in [0.25, 0.3) is 5.52 Å². The summed E-state index contributed by atoms with van der Waals surface area (Å²) in [6, 6.07) is 5.69. The molecule has 118 valence electrons. The van der Waals surface area contributed by atoms with Crippen molar-refractivity contribution in [3.8, 4) is 0 Å². The molecule has 2 aliphatic heterocycles. The van der Waals surface area contributed by atoms with Crippen LogP contribution in [0.5, 0.6) is 0 Å². The van der Waals surface area contributed by atoms with Crippen LogP contribution in [0.15, 0.2) is 35.7 Å². The highest BCUT2D eigenvalue weighted by Gasteiger charge is 2.55. The van der Waals surface area contributed by atoms with Gasteiger partial charge in [0.25, 0.3) is 10.0 Å². The summed E-state index contributed by atoms with van der Waals surface area (Å²) in [5, 5.41) is 0.143. The summed E-state index contributed by atoms with van der Waals surface area (Å²) in [4.78, 5) is 4.21. The van der Waals surface area contributed by atoms with E-state index in [-0.39, 0.29) is 16.6 Å². The molecule has 2 bridgehead atoms. The lowest BCUT2D eigenvalue weighted by Gasteiger charge is -2.53. The van der Waals surface area contributed by atoms with Gasteiger partial charge in [0.05, 0.1) is 11.7 Å². The van der Waals surface area contributed by atoms with Gasteiger partial charge in [-0.2, -0.15) is 4.31 Å². The quantitative estimate of drug-likeness (QED) is 0.855. The first-order valence-electron chi connectivity index (χ1n) is 7.86. The van der Waals surface area contributed by atoms with Crippen LogP contribution in [0.2, 0.25) is 0 Å². The van der Waals surface area contributed by atoms with Crippen molar-refractivity contribution < 1.29 is 8.42 Å². The van der Waals surface area contributed by atoms with Gasteiger partial charge in [-0.1, -0.05) is 19.9 Å². The molecule has 2 atom stereocenters. The molecule has 0 spiro atoms.